The van der Waals surface area contributed by atoms with Crippen LogP contribution < -0.4 is 5.32 Å². The zero-order valence-electron chi connectivity index (χ0n) is 12.0. The van der Waals surface area contributed by atoms with Gasteiger partial charge in [0, 0.05) is 12.1 Å². The van der Waals surface area contributed by atoms with E-state index >= 15 is 0 Å². The van der Waals surface area contributed by atoms with Crippen molar-refractivity contribution in [2.45, 2.75) is 57.8 Å². The number of hydrogen-bond donors (Lipinski definition) is 1. The Morgan fingerprint density at radius 3 is 2.55 bits per heavy atom. The first kappa shape index (κ1) is 15.4. The zero-order valence-corrected chi connectivity index (χ0v) is 12.0. The first-order chi connectivity index (χ1) is 9.38. The molecule has 3 unspecified atom stereocenters. The fourth-order valence-corrected chi connectivity index (χ4v) is 3.16. The van der Waals surface area contributed by atoms with E-state index in [0.717, 1.165) is 25.3 Å². The fraction of sp³-hybridized carbons (Fsp3) is 0.625. The number of halogens is 3. The van der Waals surface area contributed by atoms with Gasteiger partial charge in [-0.05, 0) is 37.3 Å². The molecule has 1 fully saturated rings. The molecular weight excluding hydrogens is 263 g/mol. The number of nitrogens with one attached hydrogen (secondary N) is 1. The average Bonchev–Trinajstić information content (AvgIpc) is 2.37. The fourth-order valence-electron chi connectivity index (χ4n) is 3.16. The number of alkyl halides is 3. The summed E-state index contributed by atoms with van der Waals surface area (Å²) in [5.41, 5.74) is -0.179. The lowest BCUT2D eigenvalue weighted by atomic mass is 9.86. The summed E-state index contributed by atoms with van der Waals surface area (Å²) >= 11 is 0. The largest absolute Gasteiger partial charge is 0.416 e. The number of benzene rings is 1. The first-order valence-corrected chi connectivity index (χ1v) is 7.30. The maximum atomic E-state index is 13.0. The Morgan fingerprint density at radius 1 is 1.20 bits per heavy atom. The van der Waals surface area contributed by atoms with Crippen molar-refractivity contribution in [2.24, 2.45) is 5.92 Å². The molecule has 0 radical (unpaired) electrons. The molecule has 1 saturated carbocycles. The van der Waals surface area contributed by atoms with Crippen molar-refractivity contribution in [3.8, 4) is 0 Å². The van der Waals surface area contributed by atoms with Crippen molar-refractivity contribution in [1.29, 1.82) is 0 Å². The van der Waals surface area contributed by atoms with Crippen LogP contribution in [0.5, 0.6) is 0 Å². The quantitative estimate of drug-likeness (QED) is 0.830. The molecule has 2 rings (SSSR count). The molecule has 0 bridgehead atoms. The van der Waals surface area contributed by atoms with Crippen LogP contribution in [0.4, 0.5) is 13.2 Å². The molecule has 0 amide bonds. The minimum Gasteiger partial charge on any atom is -0.307 e. The molecule has 1 aliphatic rings. The smallest absolute Gasteiger partial charge is 0.307 e. The molecule has 1 N–H and O–H groups in total. The van der Waals surface area contributed by atoms with E-state index in [1.165, 1.54) is 12.5 Å². The summed E-state index contributed by atoms with van der Waals surface area (Å²) in [6.45, 7) is 4.03. The van der Waals surface area contributed by atoms with Gasteiger partial charge in [0.05, 0.1) is 5.56 Å². The molecule has 1 nitrogen and oxygen atoms in total. The van der Waals surface area contributed by atoms with Crippen molar-refractivity contribution in [1.82, 2.24) is 5.32 Å². The molecule has 0 saturated heterocycles. The SMILES string of the molecule is CC1CCCC(NC(C)c2ccccc2C(F)(F)F)C1. The van der Waals surface area contributed by atoms with Gasteiger partial charge in [0.1, 0.15) is 0 Å². The van der Waals surface area contributed by atoms with Gasteiger partial charge in [0.15, 0.2) is 0 Å². The molecule has 0 spiro atoms. The van der Waals surface area contributed by atoms with E-state index < -0.39 is 11.7 Å². The first-order valence-electron chi connectivity index (χ1n) is 7.30. The van der Waals surface area contributed by atoms with Crippen molar-refractivity contribution in [3.05, 3.63) is 35.4 Å². The summed E-state index contributed by atoms with van der Waals surface area (Å²) in [7, 11) is 0. The minimum absolute atomic E-state index is 0.275. The Kier molecular flexibility index (Phi) is 4.74. The molecule has 3 atom stereocenters. The second kappa shape index (κ2) is 6.17. The van der Waals surface area contributed by atoms with Gasteiger partial charge in [-0.3, -0.25) is 0 Å². The van der Waals surface area contributed by atoms with E-state index in [4.69, 9.17) is 0 Å². The van der Waals surface area contributed by atoms with Gasteiger partial charge in [0.25, 0.3) is 0 Å². The summed E-state index contributed by atoms with van der Waals surface area (Å²) in [4.78, 5) is 0. The maximum absolute atomic E-state index is 13.0. The van der Waals surface area contributed by atoms with Crippen LogP contribution in [0.3, 0.4) is 0 Å². The second-order valence-corrected chi connectivity index (χ2v) is 5.94. The molecule has 4 heteroatoms. The van der Waals surface area contributed by atoms with E-state index in [-0.39, 0.29) is 6.04 Å². The lowest BCUT2D eigenvalue weighted by Crippen LogP contribution is -2.36. The molecule has 112 valence electrons. The van der Waals surface area contributed by atoms with Crippen LogP contribution in [0.1, 0.15) is 56.7 Å². The van der Waals surface area contributed by atoms with Crippen molar-refractivity contribution < 1.29 is 13.2 Å². The second-order valence-electron chi connectivity index (χ2n) is 5.94. The number of rotatable bonds is 3. The molecule has 1 aromatic carbocycles. The molecule has 0 heterocycles. The topological polar surface area (TPSA) is 12.0 Å². The van der Waals surface area contributed by atoms with E-state index in [0.29, 0.717) is 17.5 Å². The summed E-state index contributed by atoms with van der Waals surface area (Å²) in [6.07, 6.45) is 0.214. The standard InChI is InChI=1S/C16H22F3N/c1-11-6-5-7-13(10-11)20-12(2)14-8-3-4-9-15(14)16(17,18)19/h3-4,8-9,11-13,20H,5-7,10H2,1-2H3. The third-order valence-electron chi connectivity index (χ3n) is 4.15. The third-order valence-corrected chi connectivity index (χ3v) is 4.15. The lowest BCUT2D eigenvalue weighted by molar-refractivity contribution is -0.138. The van der Waals surface area contributed by atoms with Crippen LogP contribution in [-0.4, -0.2) is 6.04 Å². The van der Waals surface area contributed by atoms with Crippen LogP contribution in [0, 0.1) is 5.92 Å². The summed E-state index contributed by atoms with van der Waals surface area (Å²) in [5, 5.41) is 3.38. The Balaban J connectivity index is 2.11. The van der Waals surface area contributed by atoms with E-state index in [2.05, 4.69) is 12.2 Å². The predicted molar refractivity (Wildman–Crippen MR) is 74.4 cm³/mol. The van der Waals surface area contributed by atoms with E-state index in [9.17, 15) is 13.2 Å². The molecule has 1 aromatic rings. The van der Waals surface area contributed by atoms with Crippen LogP contribution in [0.25, 0.3) is 0 Å². The van der Waals surface area contributed by atoms with Gasteiger partial charge in [-0.25, -0.2) is 0 Å². The van der Waals surface area contributed by atoms with Gasteiger partial charge in [-0.2, -0.15) is 13.2 Å². The summed E-state index contributed by atoms with van der Waals surface area (Å²) < 4.78 is 39.1. The van der Waals surface area contributed by atoms with Crippen LogP contribution in [0.2, 0.25) is 0 Å². The summed E-state index contributed by atoms with van der Waals surface area (Å²) in [6, 6.07) is 5.91. The average molecular weight is 285 g/mol. The molecule has 20 heavy (non-hydrogen) atoms. The van der Waals surface area contributed by atoms with Gasteiger partial charge < -0.3 is 5.32 Å². The van der Waals surface area contributed by atoms with Crippen molar-refractivity contribution in [2.75, 3.05) is 0 Å². The maximum Gasteiger partial charge on any atom is 0.416 e. The Hall–Kier alpha value is -1.03. The van der Waals surface area contributed by atoms with Crippen molar-refractivity contribution >= 4 is 0 Å². The van der Waals surface area contributed by atoms with Gasteiger partial charge >= 0.3 is 6.18 Å². The van der Waals surface area contributed by atoms with Gasteiger partial charge in [-0.1, -0.05) is 38.0 Å². The molecular formula is C16H22F3N. The van der Waals surface area contributed by atoms with Crippen LogP contribution >= 0.6 is 0 Å². The zero-order chi connectivity index (χ0) is 14.8. The van der Waals surface area contributed by atoms with E-state index in [1.54, 1.807) is 12.1 Å². The Labute approximate surface area is 118 Å². The lowest BCUT2D eigenvalue weighted by Gasteiger charge is -2.31. The minimum atomic E-state index is -4.29. The highest BCUT2D eigenvalue weighted by Gasteiger charge is 2.34. The van der Waals surface area contributed by atoms with Crippen molar-refractivity contribution in [3.63, 3.8) is 0 Å². The third kappa shape index (κ3) is 3.75. The van der Waals surface area contributed by atoms with Gasteiger partial charge in [-0.15, -0.1) is 0 Å². The summed E-state index contributed by atoms with van der Waals surface area (Å²) in [5.74, 6) is 0.659. The van der Waals surface area contributed by atoms with Gasteiger partial charge in [0.2, 0.25) is 0 Å². The molecule has 1 aliphatic carbocycles. The monoisotopic (exact) mass is 285 g/mol. The number of hydrogen-bond acceptors (Lipinski definition) is 1. The highest BCUT2D eigenvalue weighted by atomic mass is 19.4. The highest BCUT2D eigenvalue weighted by molar-refractivity contribution is 5.32. The predicted octanol–water partition coefficient (Wildman–Crippen LogP) is 4.93. The Morgan fingerprint density at radius 2 is 1.90 bits per heavy atom. The molecule has 0 aliphatic heterocycles. The van der Waals surface area contributed by atoms with Crippen LogP contribution in [-0.2, 0) is 6.18 Å². The molecule has 0 aromatic heterocycles. The Bertz CT molecular complexity index is 442. The van der Waals surface area contributed by atoms with E-state index in [1.807, 2.05) is 6.92 Å². The van der Waals surface area contributed by atoms with Crippen LogP contribution in [0.15, 0.2) is 24.3 Å². The normalized spacial score (nSPS) is 25.4. The highest BCUT2D eigenvalue weighted by Crippen LogP contribution is 2.35.